The Labute approximate surface area is 241 Å². The molecule has 0 aliphatic carbocycles. The van der Waals surface area contributed by atoms with Gasteiger partial charge in [0.1, 0.15) is 12.4 Å². The Hall–Kier alpha value is -3.95. The van der Waals surface area contributed by atoms with Gasteiger partial charge in [-0.1, -0.05) is 24.6 Å². The van der Waals surface area contributed by atoms with E-state index in [4.69, 9.17) is 14.2 Å². The topological polar surface area (TPSA) is 93.7 Å². The van der Waals surface area contributed by atoms with Gasteiger partial charge in [0.25, 0.3) is 0 Å². The smallest absolute Gasteiger partial charge is 0.229 e. The molecule has 6 rings (SSSR count). The fourth-order valence-corrected chi connectivity index (χ4v) is 5.33. The molecule has 2 N–H and O–H groups in total. The number of pyridine rings is 1. The zero-order valence-electron chi connectivity index (χ0n) is 23.4. The van der Waals surface area contributed by atoms with Gasteiger partial charge in [-0.3, -0.25) is 4.98 Å². The molecule has 4 aromatic rings. The van der Waals surface area contributed by atoms with Crippen molar-refractivity contribution in [3.8, 4) is 11.5 Å². The number of anilines is 4. The van der Waals surface area contributed by atoms with Crippen molar-refractivity contribution in [1.82, 2.24) is 19.9 Å². The molecule has 0 saturated carbocycles. The van der Waals surface area contributed by atoms with Gasteiger partial charge in [-0.25, -0.2) is 4.98 Å². The Bertz CT molecular complexity index is 1420. The van der Waals surface area contributed by atoms with E-state index in [9.17, 15) is 0 Å². The third-order valence-corrected chi connectivity index (χ3v) is 7.49. The highest BCUT2D eigenvalue weighted by atomic mass is 16.5. The van der Waals surface area contributed by atoms with Gasteiger partial charge < -0.3 is 29.7 Å². The molecule has 2 aromatic heterocycles. The van der Waals surface area contributed by atoms with Gasteiger partial charge in [0.2, 0.25) is 5.95 Å². The van der Waals surface area contributed by atoms with Gasteiger partial charge in [-0.05, 0) is 75.5 Å². The second-order valence-electron chi connectivity index (χ2n) is 10.6. The second-order valence-corrected chi connectivity index (χ2v) is 10.6. The van der Waals surface area contributed by atoms with Crippen molar-refractivity contribution in [2.24, 2.45) is 0 Å². The van der Waals surface area contributed by atoms with E-state index in [1.807, 2.05) is 48.5 Å². The quantitative estimate of drug-likeness (QED) is 0.195. The zero-order valence-corrected chi connectivity index (χ0v) is 23.4. The van der Waals surface area contributed by atoms with E-state index in [1.54, 1.807) is 12.4 Å². The number of nitrogens with one attached hydrogen (secondary N) is 2. The van der Waals surface area contributed by atoms with E-state index < -0.39 is 0 Å². The monoisotopic (exact) mass is 554 g/mol. The molecule has 9 heteroatoms. The third kappa shape index (κ3) is 7.62. The lowest BCUT2D eigenvalue weighted by atomic mass is 10.1. The SMILES string of the molecule is c1ccc2ncc(Nc3ccnc(Nc4ccc(OCCCN5CCCCC5)c(OCC5CCCO5)c4)n3)cc2c1. The minimum Gasteiger partial charge on any atom is -0.490 e. The molecule has 41 heavy (non-hydrogen) atoms. The zero-order chi connectivity index (χ0) is 27.7. The largest absolute Gasteiger partial charge is 0.490 e. The predicted octanol–water partition coefficient (Wildman–Crippen LogP) is 6.32. The number of rotatable bonds is 12. The van der Waals surface area contributed by atoms with E-state index in [-0.39, 0.29) is 6.10 Å². The number of hydrogen-bond acceptors (Lipinski definition) is 9. The highest BCUT2D eigenvalue weighted by Crippen LogP contribution is 2.32. The molecule has 9 nitrogen and oxygen atoms in total. The Morgan fingerprint density at radius 3 is 2.71 bits per heavy atom. The van der Waals surface area contributed by atoms with Crippen molar-refractivity contribution in [3.05, 3.63) is 67.0 Å². The van der Waals surface area contributed by atoms with Crippen LogP contribution in [0, 0.1) is 0 Å². The second kappa shape index (κ2) is 13.6. The molecule has 0 radical (unpaired) electrons. The van der Waals surface area contributed by atoms with E-state index >= 15 is 0 Å². The number of fused-ring (bicyclic) bond motifs is 1. The van der Waals surface area contributed by atoms with Crippen LogP contribution >= 0.6 is 0 Å². The number of hydrogen-bond donors (Lipinski definition) is 2. The first-order valence-electron chi connectivity index (χ1n) is 14.7. The van der Waals surface area contributed by atoms with Gasteiger partial charge >= 0.3 is 0 Å². The Morgan fingerprint density at radius 1 is 0.878 bits per heavy atom. The van der Waals surface area contributed by atoms with Gasteiger partial charge in [-0.2, -0.15) is 4.98 Å². The predicted molar refractivity (Wildman–Crippen MR) is 162 cm³/mol. The average molecular weight is 555 g/mol. The molecule has 2 fully saturated rings. The molecule has 1 atom stereocenters. The fraction of sp³-hybridized carbons (Fsp3) is 0.406. The van der Waals surface area contributed by atoms with E-state index in [0.717, 1.165) is 60.4 Å². The summed E-state index contributed by atoms with van der Waals surface area (Å²) in [5.41, 5.74) is 2.63. The summed E-state index contributed by atoms with van der Waals surface area (Å²) in [7, 11) is 0. The van der Waals surface area contributed by atoms with Gasteiger partial charge in [0.05, 0.1) is 30.1 Å². The fourth-order valence-electron chi connectivity index (χ4n) is 5.33. The van der Waals surface area contributed by atoms with Gasteiger partial charge in [0, 0.05) is 36.5 Å². The lowest BCUT2D eigenvalue weighted by Gasteiger charge is -2.26. The summed E-state index contributed by atoms with van der Waals surface area (Å²) in [5, 5.41) is 7.71. The van der Waals surface area contributed by atoms with Crippen LogP contribution in [-0.2, 0) is 4.74 Å². The summed E-state index contributed by atoms with van der Waals surface area (Å²) in [4.78, 5) is 16.1. The molecule has 2 saturated heterocycles. The van der Waals surface area contributed by atoms with Gasteiger partial charge in [-0.15, -0.1) is 0 Å². The first-order valence-corrected chi connectivity index (χ1v) is 14.7. The standard InChI is InChI=1S/C32H38N6O3/c1-4-15-38(16-5-1)17-7-19-40-29-12-11-25(21-30(29)41-23-27-9-6-18-39-27)36-32-33-14-13-31(37-32)35-26-20-24-8-2-3-10-28(24)34-22-26/h2-3,8,10-14,20-22,27H,1,4-7,9,15-19,23H2,(H2,33,35,36,37). The Balaban J connectivity index is 1.11. The highest BCUT2D eigenvalue weighted by Gasteiger charge is 2.18. The molecule has 2 aromatic carbocycles. The Kier molecular flexibility index (Phi) is 9.04. The van der Waals surface area contributed by atoms with Crippen molar-refractivity contribution in [3.63, 3.8) is 0 Å². The summed E-state index contributed by atoms with van der Waals surface area (Å²) in [6.07, 6.45) is 10.7. The van der Waals surface area contributed by atoms with Crippen molar-refractivity contribution < 1.29 is 14.2 Å². The molecule has 0 spiro atoms. The van der Waals surface area contributed by atoms with Crippen molar-refractivity contribution in [1.29, 1.82) is 0 Å². The summed E-state index contributed by atoms with van der Waals surface area (Å²) < 4.78 is 18.2. The minimum atomic E-state index is 0.120. The van der Waals surface area contributed by atoms with Crippen molar-refractivity contribution >= 4 is 34.0 Å². The van der Waals surface area contributed by atoms with E-state index in [1.165, 1.54) is 32.4 Å². The molecular formula is C32H38N6O3. The maximum Gasteiger partial charge on any atom is 0.229 e. The summed E-state index contributed by atoms with van der Waals surface area (Å²) in [5.74, 6) is 2.58. The van der Waals surface area contributed by atoms with E-state index in [0.29, 0.717) is 30.7 Å². The maximum absolute atomic E-state index is 6.22. The number of para-hydroxylation sites is 1. The number of likely N-dealkylation sites (tertiary alicyclic amines) is 1. The van der Waals surface area contributed by atoms with Gasteiger partial charge in [0.15, 0.2) is 11.5 Å². The van der Waals surface area contributed by atoms with E-state index in [2.05, 4.69) is 36.6 Å². The maximum atomic E-state index is 6.22. The first-order chi connectivity index (χ1) is 20.3. The minimum absolute atomic E-state index is 0.120. The molecule has 2 aliphatic rings. The van der Waals surface area contributed by atoms with Crippen LogP contribution in [0.2, 0.25) is 0 Å². The summed E-state index contributed by atoms with van der Waals surface area (Å²) in [6, 6.07) is 17.8. The highest BCUT2D eigenvalue weighted by molar-refractivity contribution is 5.82. The molecule has 0 amide bonds. The number of aromatic nitrogens is 3. The molecule has 2 aliphatic heterocycles. The first kappa shape index (κ1) is 27.2. The molecule has 4 heterocycles. The lowest BCUT2D eigenvalue weighted by molar-refractivity contribution is 0.0666. The molecule has 214 valence electrons. The summed E-state index contributed by atoms with van der Waals surface area (Å²) >= 11 is 0. The van der Waals surface area contributed by atoms with Crippen LogP contribution in [0.15, 0.2) is 67.0 Å². The summed E-state index contributed by atoms with van der Waals surface area (Å²) in [6.45, 7) is 5.43. The molecular weight excluding hydrogens is 516 g/mol. The normalized spacial score (nSPS) is 17.4. The van der Waals surface area contributed by atoms with Crippen LogP contribution in [0.5, 0.6) is 11.5 Å². The Morgan fingerprint density at radius 2 is 1.80 bits per heavy atom. The number of nitrogens with zero attached hydrogens (tertiary/aromatic N) is 4. The van der Waals surface area contributed by atoms with Crippen LogP contribution in [0.25, 0.3) is 10.9 Å². The molecule has 1 unspecified atom stereocenters. The van der Waals surface area contributed by atoms with Crippen LogP contribution < -0.4 is 20.1 Å². The number of benzene rings is 2. The molecule has 0 bridgehead atoms. The van der Waals surface area contributed by atoms with Crippen LogP contribution in [0.3, 0.4) is 0 Å². The average Bonchev–Trinajstić information content (AvgIpc) is 3.54. The van der Waals surface area contributed by atoms with Crippen LogP contribution in [0.4, 0.5) is 23.1 Å². The number of ether oxygens (including phenoxy) is 3. The number of piperidine rings is 1. The van der Waals surface area contributed by atoms with Crippen LogP contribution in [0.1, 0.15) is 38.5 Å². The lowest BCUT2D eigenvalue weighted by Crippen LogP contribution is -2.31. The third-order valence-electron chi connectivity index (χ3n) is 7.49. The van der Waals surface area contributed by atoms with Crippen molar-refractivity contribution in [2.75, 3.05) is 50.1 Å². The van der Waals surface area contributed by atoms with Crippen molar-refractivity contribution in [2.45, 2.75) is 44.6 Å². The van der Waals surface area contributed by atoms with Crippen LogP contribution in [-0.4, -0.2) is 65.4 Å².